The van der Waals surface area contributed by atoms with Crippen LogP contribution in [0.4, 0.5) is 0 Å². The average Bonchev–Trinajstić information content (AvgIpc) is 3.40. The summed E-state index contributed by atoms with van der Waals surface area (Å²) in [7, 11) is 0. The Labute approximate surface area is 268 Å². The van der Waals surface area contributed by atoms with Gasteiger partial charge in [0.25, 0.3) is 0 Å². The summed E-state index contributed by atoms with van der Waals surface area (Å²) in [6.45, 7) is 8.19. The van der Waals surface area contributed by atoms with Crippen molar-refractivity contribution in [3.63, 3.8) is 0 Å². The van der Waals surface area contributed by atoms with E-state index in [4.69, 9.17) is 9.47 Å². The van der Waals surface area contributed by atoms with Gasteiger partial charge in [0.15, 0.2) is 11.5 Å². The SMILES string of the molecule is Cc1nc2n(n1)CCN(C(=O)CCSc1ccc3c(c1)OCCO3)CCCC(=O)N[C@@H](Cc1ccccc1)C(=O)N[C@@H]2C(C)C. The summed E-state index contributed by atoms with van der Waals surface area (Å²) in [5, 5.41) is 10.7. The van der Waals surface area contributed by atoms with Gasteiger partial charge in [-0.3, -0.25) is 14.4 Å². The molecule has 0 saturated heterocycles. The largest absolute Gasteiger partial charge is 0.486 e. The molecule has 2 aliphatic rings. The molecule has 0 fully saturated rings. The van der Waals surface area contributed by atoms with E-state index in [1.54, 1.807) is 16.4 Å². The van der Waals surface area contributed by atoms with Crippen LogP contribution in [0.15, 0.2) is 53.4 Å². The number of carbonyl (C=O) groups is 3. The van der Waals surface area contributed by atoms with Crippen LogP contribution in [0.25, 0.3) is 0 Å². The fourth-order valence-corrected chi connectivity index (χ4v) is 6.38. The first kappa shape index (κ1) is 32.3. The first-order chi connectivity index (χ1) is 21.8. The van der Waals surface area contributed by atoms with Crippen molar-refractivity contribution in [1.82, 2.24) is 30.3 Å². The first-order valence-corrected chi connectivity index (χ1v) is 16.6. The topological polar surface area (TPSA) is 128 Å². The van der Waals surface area contributed by atoms with Gasteiger partial charge >= 0.3 is 0 Å². The minimum atomic E-state index is -0.753. The standard InChI is InChI=1S/C33H42N6O5S/c1-22(2)31-32-34-23(3)37-39(32)16-15-38(30(41)13-19-45-25-11-12-27-28(21-25)44-18-17-43-27)14-7-10-29(40)35-26(33(42)36-31)20-24-8-5-4-6-9-24/h4-6,8-9,11-12,21-22,26,31H,7,10,13-20H2,1-3H3,(H,35,40)(H,36,42)/t26-,31+/m0/s1. The second-order valence-electron chi connectivity index (χ2n) is 11.7. The maximum absolute atomic E-state index is 13.6. The Morgan fingerprint density at radius 3 is 2.58 bits per heavy atom. The number of rotatable bonds is 7. The zero-order valence-corrected chi connectivity index (χ0v) is 27.0. The van der Waals surface area contributed by atoms with E-state index in [-0.39, 0.29) is 30.1 Å². The van der Waals surface area contributed by atoms with E-state index in [0.29, 0.717) is 69.5 Å². The third-order valence-corrected chi connectivity index (χ3v) is 8.84. The second kappa shape index (κ2) is 15.3. The van der Waals surface area contributed by atoms with Gasteiger partial charge in [-0.1, -0.05) is 44.2 Å². The maximum Gasteiger partial charge on any atom is 0.243 e. The molecule has 45 heavy (non-hydrogen) atoms. The van der Waals surface area contributed by atoms with E-state index in [2.05, 4.69) is 20.7 Å². The van der Waals surface area contributed by atoms with Crippen molar-refractivity contribution in [3.05, 3.63) is 65.7 Å². The van der Waals surface area contributed by atoms with Crippen LogP contribution in [0.1, 0.15) is 56.4 Å². The smallest absolute Gasteiger partial charge is 0.243 e. The van der Waals surface area contributed by atoms with Gasteiger partial charge in [0.2, 0.25) is 17.7 Å². The molecule has 0 radical (unpaired) electrons. The fourth-order valence-electron chi connectivity index (χ4n) is 5.51. The number of nitrogens with zero attached hydrogens (tertiary/aromatic N) is 4. The Hall–Kier alpha value is -4.06. The molecule has 0 bridgehead atoms. The molecule has 240 valence electrons. The summed E-state index contributed by atoms with van der Waals surface area (Å²) in [6.07, 6.45) is 1.39. The molecule has 12 heteroatoms. The normalized spacial score (nSPS) is 19.3. The van der Waals surface area contributed by atoms with E-state index >= 15 is 0 Å². The lowest BCUT2D eigenvalue weighted by atomic mass is 10.0. The Kier molecular flexibility index (Phi) is 11.0. The number of aromatic nitrogens is 3. The van der Waals surface area contributed by atoms with Crippen LogP contribution < -0.4 is 20.1 Å². The van der Waals surface area contributed by atoms with E-state index in [1.807, 2.05) is 74.2 Å². The monoisotopic (exact) mass is 634 g/mol. The summed E-state index contributed by atoms with van der Waals surface area (Å²) in [5.41, 5.74) is 0.949. The van der Waals surface area contributed by atoms with Crippen molar-refractivity contribution >= 4 is 29.5 Å². The first-order valence-electron chi connectivity index (χ1n) is 15.6. The number of hydrogen-bond donors (Lipinski definition) is 2. The number of benzene rings is 2. The van der Waals surface area contributed by atoms with Crippen LogP contribution in [0.5, 0.6) is 11.5 Å². The van der Waals surface area contributed by atoms with Crippen LogP contribution in [0.2, 0.25) is 0 Å². The van der Waals surface area contributed by atoms with E-state index < -0.39 is 12.1 Å². The van der Waals surface area contributed by atoms with Crippen LogP contribution in [0, 0.1) is 12.8 Å². The number of amides is 3. The van der Waals surface area contributed by atoms with Crippen LogP contribution >= 0.6 is 11.8 Å². The molecular formula is C33H42N6O5S. The molecule has 2 aliphatic heterocycles. The second-order valence-corrected chi connectivity index (χ2v) is 12.8. The van der Waals surface area contributed by atoms with Gasteiger partial charge in [-0.25, -0.2) is 9.67 Å². The maximum atomic E-state index is 13.6. The number of hydrogen-bond acceptors (Lipinski definition) is 8. The van der Waals surface area contributed by atoms with E-state index in [9.17, 15) is 14.4 Å². The molecule has 2 aromatic carbocycles. The van der Waals surface area contributed by atoms with Crippen LogP contribution in [0.3, 0.4) is 0 Å². The predicted molar refractivity (Wildman–Crippen MR) is 171 cm³/mol. The minimum Gasteiger partial charge on any atom is -0.486 e. The molecule has 5 rings (SSSR count). The Bertz CT molecular complexity index is 1480. The third kappa shape index (κ3) is 8.78. The van der Waals surface area contributed by atoms with Crippen molar-refractivity contribution in [3.8, 4) is 11.5 Å². The third-order valence-electron chi connectivity index (χ3n) is 7.85. The lowest BCUT2D eigenvalue weighted by Gasteiger charge is -2.28. The summed E-state index contributed by atoms with van der Waals surface area (Å²) in [5.74, 6) is 2.85. The Balaban J connectivity index is 1.30. The van der Waals surface area contributed by atoms with Crippen molar-refractivity contribution in [1.29, 1.82) is 0 Å². The van der Waals surface area contributed by atoms with Gasteiger partial charge in [-0.05, 0) is 43.0 Å². The fraction of sp³-hybridized carbons (Fsp3) is 0.485. The number of nitrogens with one attached hydrogen (secondary N) is 2. The molecule has 2 N–H and O–H groups in total. The highest BCUT2D eigenvalue weighted by molar-refractivity contribution is 7.99. The highest BCUT2D eigenvalue weighted by Crippen LogP contribution is 2.34. The van der Waals surface area contributed by atoms with Crippen LogP contribution in [-0.2, 0) is 27.3 Å². The summed E-state index contributed by atoms with van der Waals surface area (Å²) < 4.78 is 13.1. The highest BCUT2D eigenvalue weighted by Gasteiger charge is 2.30. The molecule has 0 aliphatic carbocycles. The molecule has 11 nitrogen and oxygen atoms in total. The molecule has 3 heterocycles. The summed E-state index contributed by atoms with van der Waals surface area (Å²) >= 11 is 1.60. The molecule has 2 atom stereocenters. The van der Waals surface area contributed by atoms with E-state index in [1.165, 1.54) is 0 Å². The molecule has 1 aromatic heterocycles. The minimum absolute atomic E-state index is 0.00704. The lowest BCUT2D eigenvalue weighted by Crippen LogP contribution is -2.50. The Morgan fingerprint density at radius 2 is 1.80 bits per heavy atom. The van der Waals surface area contributed by atoms with Gasteiger partial charge in [0.1, 0.15) is 30.9 Å². The zero-order valence-electron chi connectivity index (χ0n) is 26.2. The van der Waals surface area contributed by atoms with Crippen molar-refractivity contribution in [2.45, 2.75) is 70.0 Å². The van der Waals surface area contributed by atoms with Crippen molar-refractivity contribution in [2.24, 2.45) is 5.92 Å². The molecular weight excluding hydrogens is 592 g/mol. The highest BCUT2D eigenvalue weighted by atomic mass is 32.2. The van der Waals surface area contributed by atoms with Gasteiger partial charge < -0.3 is 25.0 Å². The number of aryl methyl sites for hydroxylation is 1. The van der Waals surface area contributed by atoms with Gasteiger partial charge in [0.05, 0.1) is 12.6 Å². The van der Waals surface area contributed by atoms with Gasteiger partial charge in [-0.2, -0.15) is 5.10 Å². The predicted octanol–water partition coefficient (Wildman–Crippen LogP) is 3.70. The summed E-state index contributed by atoms with van der Waals surface area (Å²) in [6, 6.07) is 14.3. The molecule has 0 saturated carbocycles. The van der Waals surface area contributed by atoms with Crippen LogP contribution in [-0.4, -0.2) is 75.5 Å². The lowest BCUT2D eigenvalue weighted by molar-refractivity contribution is -0.132. The zero-order chi connectivity index (χ0) is 31.8. The van der Waals surface area contributed by atoms with Gasteiger partial charge in [0, 0.05) is 43.0 Å². The van der Waals surface area contributed by atoms with Gasteiger partial charge in [-0.15, -0.1) is 11.8 Å². The van der Waals surface area contributed by atoms with Crippen molar-refractivity contribution < 1.29 is 23.9 Å². The molecule has 0 unspecified atom stereocenters. The quantitative estimate of drug-likeness (QED) is 0.377. The molecule has 3 aromatic rings. The number of thioether (sulfide) groups is 1. The Morgan fingerprint density at radius 1 is 1.02 bits per heavy atom. The number of fused-ring (bicyclic) bond motifs is 2. The number of carbonyl (C=O) groups excluding carboxylic acids is 3. The molecule has 0 spiro atoms. The summed E-state index contributed by atoms with van der Waals surface area (Å²) in [4.78, 5) is 47.7. The number of ether oxygens (including phenoxy) is 2. The van der Waals surface area contributed by atoms with Crippen molar-refractivity contribution in [2.75, 3.05) is 32.1 Å². The molecule has 3 amide bonds. The average molecular weight is 635 g/mol. The van der Waals surface area contributed by atoms with E-state index in [0.717, 1.165) is 22.0 Å².